The number of aryl methyl sites for hydroxylation is 2. The Balaban J connectivity index is 1.37. The van der Waals surface area contributed by atoms with E-state index in [0.29, 0.717) is 13.2 Å². The van der Waals surface area contributed by atoms with Crippen LogP contribution in [0.4, 0.5) is 10.5 Å². The van der Waals surface area contributed by atoms with E-state index in [4.69, 9.17) is 4.74 Å². The van der Waals surface area contributed by atoms with E-state index in [1.165, 1.54) is 22.0 Å². The first kappa shape index (κ1) is 20.3. The number of urea groups is 1. The fourth-order valence-corrected chi connectivity index (χ4v) is 5.83. The van der Waals surface area contributed by atoms with Crippen molar-refractivity contribution in [3.05, 3.63) is 34.5 Å². The summed E-state index contributed by atoms with van der Waals surface area (Å²) in [4.78, 5) is 14.6. The van der Waals surface area contributed by atoms with Crippen LogP contribution < -0.4 is 14.8 Å². The molecule has 2 aromatic rings. The van der Waals surface area contributed by atoms with Crippen LogP contribution in [0, 0.1) is 0 Å². The number of carbonyl (C=O) groups excluding carboxylic acids is 1. The number of carbonyl (C=O) groups is 1. The van der Waals surface area contributed by atoms with Crippen LogP contribution in [0.1, 0.15) is 35.1 Å². The molecular formula is C21H27N5O4S. The van der Waals surface area contributed by atoms with Crippen molar-refractivity contribution in [3.63, 3.8) is 0 Å². The molecule has 2 aliphatic carbocycles. The summed E-state index contributed by atoms with van der Waals surface area (Å²) in [6.07, 6.45) is 7.17. The van der Waals surface area contributed by atoms with Gasteiger partial charge in [-0.05, 0) is 74.9 Å². The van der Waals surface area contributed by atoms with E-state index >= 15 is 0 Å². The lowest BCUT2D eigenvalue weighted by atomic mass is 9.99. The molecule has 1 atom stereocenters. The van der Waals surface area contributed by atoms with Crippen molar-refractivity contribution in [1.29, 1.82) is 0 Å². The van der Waals surface area contributed by atoms with Crippen molar-refractivity contribution in [3.8, 4) is 5.88 Å². The van der Waals surface area contributed by atoms with Gasteiger partial charge >= 0.3 is 6.03 Å². The van der Waals surface area contributed by atoms with Crippen molar-refractivity contribution in [2.75, 3.05) is 26.0 Å². The lowest BCUT2D eigenvalue weighted by Crippen LogP contribution is -2.41. The van der Waals surface area contributed by atoms with Crippen LogP contribution in [0.2, 0.25) is 0 Å². The molecular weight excluding hydrogens is 418 g/mol. The highest BCUT2D eigenvalue weighted by Gasteiger charge is 2.32. The molecule has 1 unspecified atom stereocenters. The predicted molar refractivity (Wildman–Crippen MR) is 115 cm³/mol. The minimum absolute atomic E-state index is 0.0986. The van der Waals surface area contributed by atoms with Crippen molar-refractivity contribution < 1.29 is 17.9 Å². The number of anilines is 1. The van der Waals surface area contributed by atoms with E-state index in [9.17, 15) is 13.2 Å². The van der Waals surface area contributed by atoms with Crippen LogP contribution >= 0.6 is 0 Å². The van der Waals surface area contributed by atoms with Gasteiger partial charge in [-0.2, -0.15) is 5.10 Å². The van der Waals surface area contributed by atoms with Crippen LogP contribution in [0.5, 0.6) is 5.88 Å². The van der Waals surface area contributed by atoms with Gasteiger partial charge in [0, 0.05) is 5.69 Å². The van der Waals surface area contributed by atoms with Crippen molar-refractivity contribution in [2.45, 2.75) is 56.0 Å². The first-order chi connectivity index (χ1) is 14.8. The Labute approximate surface area is 181 Å². The van der Waals surface area contributed by atoms with Crippen LogP contribution in [0.25, 0.3) is 0 Å². The summed E-state index contributed by atoms with van der Waals surface area (Å²) in [5.74, 6) is 0.167. The summed E-state index contributed by atoms with van der Waals surface area (Å²) in [6.45, 7) is 0.877. The molecule has 31 heavy (non-hydrogen) atoms. The van der Waals surface area contributed by atoms with E-state index in [1.807, 2.05) is 19.0 Å². The van der Waals surface area contributed by atoms with Gasteiger partial charge in [0.1, 0.15) is 6.61 Å². The maximum Gasteiger partial charge on any atom is 0.333 e. The number of amides is 2. The molecule has 0 fully saturated rings. The van der Waals surface area contributed by atoms with Gasteiger partial charge < -0.3 is 15.0 Å². The summed E-state index contributed by atoms with van der Waals surface area (Å²) in [5, 5.41) is 7.01. The third-order valence-electron chi connectivity index (χ3n) is 6.51. The third-order valence-corrected chi connectivity index (χ3v) is 7.83. The number of rotatable bonds is 4. The topological polar surface area (TPSA) is 106 Å². The van der Waals surface area contributed by atoms with E-state index in [-0.39, 0.29) is 16.8 Å². The summed E-state index contributed by atoms with van der Waals surface area (Å²) in [6, 6.07) is 1.61. The number of aromatic nitrogens is 2. The molecule has 1 aromatic carbocycles. The molecule has 2 amide bonds. The number of hydrogen-bond donors (Lipinski definition) is 2. The average Bonchev–Trinajstić information content (AvgIpc) is 3.45. The van der Waals surface area contributed by atoms with Gasteiger partial charge in [-0.15, -0.1) is 0 Å². The molecule has 1 aromatic heterocycles. The second-order valence-electron chi connectivity index (χ2n) is 8.72. The fraction of sp³-hybridized carbons (Fsp3) is 0.524. The standard InChI is InChI=1S/C21H27N5O4S/c1-25(2)15-11-26-20(30-12-15)18(10-22-26)31(28,29)24-21(27)23-19-16-7-3-5-13(16)9-14-6-4-8-17(14)19/h9-10,15H,3-8,11-12H2,1-2H3,(H2,23,24,27). The zero-order valence-electron chi connectivity index (χ0n) is 17.8. The lowest BCUT2D eigenvalue weighted by Gasteiger charge is -2.29. The summed E-state index contributed by atoms with van der Waals surface area (Å²) < 4.78 is 35.2. The summed E-state index contributed by atoms with van der Waals surface area (Å²) >= 11 is 0. The highest BCUT2D eigenvalue weighted by atomic mass is 32.2. The Morgan fingerprint density at radius 2 is 1.84 bits per heavy atom. The first-order valence-electron chi connectivity index (χ1n) is 10.7. The molecule has 10 heteroatoms. The number of sulfonamides is 1. The fourth-order valence-electron chi connectivity index (χ4n) is 4.84. The SMILES string of the molecule is CN(C)C1COc2c(S(=O)(=O)NC(=O)Nc3c4c(cc5c3CCC5)CCC4)cnn2C1. The van der Waals surface area contributed by atoms with Crippen LogP contribution in [-0.2, 0) is 42.3 Å². The van der Waals surface area contributed by atoms with Gasteiger partial charge in [0.05, 0.1) is 18.8 Å². The zero-order chi connectivity index (χ0) is 21.8. The molecule has 0 radical (unpaired) electrons. The molecule has 0 saturated heterocycles. The normalized spacial score (nSPS) is 19.5. The van der Waals surface area contributed by atoms with Crippen molar-refractivity contribution >= 4 is 21.7 Å². The van der Waals surface area contributed by atoms with Gasteiger partial charge in [-0.25, -0.2) is 22.6 Å². The second-order valence-corrected chi connectivity index (χ2v) is 10.4. The Morgan fingerprint density at radius 3 is 2.48 bits per heavy atom. The van der Waals surface area contributed by atoms with Gasteiger partial charge in [-0.1, -0.05) is 6.07 Å². The molecule has 2 N–H and O–H groups in total. The van der Waals surface area contributed by atoms with Crippen LogP contribution in [-0.4, -0.2) is 55.9 Å². The Morgan fingerprint density at radius 1 is 1.16 bits per heavy atom. The molecule has 5 rings (SSSR count). The van der Waals surface area contributed by atoms with Gasteiger partial charge in [0.25, 0.3) is 10.0 Å². The molecule has 166 valence electrons. The predicted octanol–water partition coefficient (Wildman–Crippen LogP) is 1.69. The summed E-state index contributed by atoms with van der Waals surface area (Å²) in [7, 11) is -0.260. The number of hydrogen-bond acceptors (Lipinski definition) is 6. The maximum absolute atomic E-state index is 12.9. The number of nitrogens with zero attached hydrogens (tertiary/aromatic N) is 3. The molecule has 0 bridgehead atoms. The van der Waals surface area contributed by atoms with Crippen molar-refractivity contribution in [1.82, 2.24) is 19.4 Å². The van der Waals surface area contributed by atoms with E-state index in [2.05, 4.69) is 21.2 Å². The van der Waals surface area contributed by atoms with E-state index < -0.39 is 16.1 Å². The minimum Gasteiger partial charge on any atom is -0.475 e. The van der Waals surface area contributed by atoms with Gasteiger partial charge in [-0.3, -0.25) is 0 Å². The highest BCUT2D eigenvalue weighted by molar-refractivity contribution is 7.90. The molecule has 1 aliphatic heterocycles. The smallest absolute Gasteiger partial charge is 0.333 e. The first-order valence-corrected chi connectivity index (χ1v) is 12.2. The maximum atomic E-state index is 12.9. The monoisotopic (exact) mass is 445 g/mol. The Bertz CT molecular complexity index is 1120. The second kappa shape index (κ2) is 7.52. The van der Waals surface area contributed by atoms with Crippen LogP contribution in [0.3, 0.4) is 0 Å². The minimum atomic E-state index is -4.13. The van der Waals surface area contributed by atoms with E-state index in [0.717, 1.165) is 55.3 Å². The van der Waals surface area contributed by atoms with Crippen LogP contribution in [0.15, 0.2) is 17.2 Å². The number of benzene rings is 1. The largest absolute Gasteiger partial charge is 0.475 e. The van der Waals surface area contributed by atoms with E-state index in [1.54, 1.807) is 0 Å². The third kappa shape index (κ3) is 3.57. The number of likely N-dealkylation sites (N-methyl/N-ethyl adjacent to an activating group) is 1. The number of ether oxygens (including phenoxy) is 1. The highest BCUT2D eigenvalue weighted by Crippen LogP contribution is 2.38. The van der Waals surface area contributed by atoms with Crippen molar-refractivity contribution in [2.24, 2.45) is 0 Å². The molecule has 9 nitrogen and oxygen atoms in total. The van der Waals surface area contributed by atoms with Gasteiger partial charge in [0.15, 0.2) is 4.90 Å². The molecule has 0 spiro atoms. The number of fused-ring (bicyclic) bond motifs is 3. The molecule has 2 heterocycles. The molecule has 3 aliphatic rings. The zero-order valence-corrected chi connectivity index (χ0v) is 18.6. The Hall–Kier alpha value is -2.59. The Kier molecular flexibility index (Phi) is 4.93. The quantitative estimate of drug-likeness (QED) is 0.742. The lowest BCUT2D eigenvalue weighted by molar-refractivity contribution is 0.117. The molecule has 0 saturated carbocycles. The number of nitrogens with one attached hydrogen (secondary N) is 2. The summed E-state index contributed by atoms with van der Waals surface area (Å²) in [5.41, 5.74) is 5.64. The van der Waals surface area contributed by atoms with Gasteiger partial charge in [0.2, 0.25) is 5.88 Å². The average molecular weight is 446 g/mol.